The Bertz CT molecular complexity index is 1100. The number of benzene rings is 2. The van der Waals surface area contributed by atoms with Crippen molar-refractivity contribution in [3.8, 4) is 11.5 Å². The number of amides is 2. The SMILES string of the molecule is CNS(=O)(=O)Cc1ccc(CNC(=O)C2CC(=O)N(c3ccc4c(c3)OCO4)C2)cc1. The Morgan fingerprint density at radius 2 is 1.81 bits per heavy atom. The molecule has 1 unspecified atom stereocenters. The van der Waals surface area contributed by atoms with E-state index in [2.05, 4.69) is 10.0 Å². The van der Waals surface area contributed by atoms with Gasteiger partial charge in [0.2, 0.25) is 28.6 Å². The Kier molecular flexibility index (Phi) is 5.84. The molecule has 2 heterocycles. The Labute approximate surface area is 180 Å². The zero-order valence-electron chi connectivity index (χ0n) is 17.0. The summed E-state index contributed by atoms with van der Waals surface area (Å²) in [6, 6.07) is 12.3. The van der Waals surface area contributed by atoms with Crippen molar-refractivity contribution in [1.29, 1.82) is 0 Å². The van der Waals surface area contributed by atoms with Crippen LogP contribution in [0.15, 0.2) is 42.5 Å². The molecule has 0 aromatic heterocycles. The molecule has 2 aliphatic heterocycles. The van der Waals surface area contributed by atoms with Crippen molar-refractivity contribution >= 4 is 27.5 Å². The summed E-state index contributed by atoms with van der Waals surface area (Å²) in [5, 5.41) is 2.86. The van der Waals surface area contributed by atoms with Gasteiger partial charge in [0, 0.05) is 31.3 Å². The van der Waals surface area contributed by atoms with Crippen LogP contribution in [0.4, 0.5) is 5.69 Å². The maximum absolute atomic E-state index is 12.6. The van der Waals surface area contributed by atoms with Gasteiger partial charge in [-0.3, -0.25) is 9.59 Å². The molecule has 9 nitrogen and oxygen atoms in total. The number of carbonyl (C=O) groups is 2. The lowest BCUT2D eigenvalue weighted by molar-refractivity contribution is -0.126. The van der Waals surface area contributed by atoms with Crippen LogP contribution >= 0.6 is 0 Å². The van der Waals surface area contributed by atoms with Crippen LogP contribution in [0.25, 0.3) is 0 Å². The number of carbonyl (C=O) groups excluding carboxylic acids is 2. The Balaban J connectivity index is 1.33. The highest BCUT2D eigenvalue weighted by Gasteiger charge is 2.35. The summed E-state index contributed by atoms with van der Waals surface area (Å²) < 4.78 is 36.2. The van der Waals surface area contributed by atoms with E-state index in [1.165, 1.54) is 7.05 Å². The molecule has 164 valence electrons. The van der Waals surface area contributed by atoms with Gasteiger partial charge >= 0.3 is 0 Å². The van der Waals surface area contributed by atoms with E-state index in [1.54, 1.807) is 47.4 Å². The first-order valence-electron chi connectivity index (χ1n) is 9.81. The number of rotatable bonds is 7. The van der Waals surface area contributed by atoms with Gasteiger partial charge in [-0.05, 0) is 30.3 Å². The van der Waals surface area contributed by atoms with Gasteiger partial charge < -0.3 is 19.7 Å². The zero-order chi connectivity index (χ0) is 22.0. The minimum absolute atomic E-state index is 0.101. The first-order valence-corrected chi connectivity index (χ1v) is 11.5. The summed E-state index contributed by atoms with van der Waals surface area (Å²) in [6.07, 6.45) is 0.140. The van der Waals surface area contributed by atoms with E-state index in [9.17, 15) is 18.0 Å². The molecule has 31 heavy (non-hydrogen) atoms. The van der Waals surface area contributed by atoms with Gasteiger partial charge in [-0.1, -0.05) is 24.3 Å². The van der Waals surface area contributed by atoms with Crippen LogP contribution in [-0.4, -0.2) is 40.6 Å². The highest BCUT2D eigenvalue weighted by atomic mass is 32.2. The van der Waals surface area contributed by atoms with Gasteiger partial charge in [-0.25, -0.2) is 13.1 Å². The number of ether oxygens (including phenoxy) is 2. The maximum Gasteiger partial charge on any atom is 0.231 e. The summed E-state index contributed by atoms with van der Waals surface area (Å²) in [5.74, 6) is 0.365. The van der Waals surface area contributed by atoms with E-state index in [0.717, 1.165) is 5.56 Å². The maximum atomic E-state index is 12.6. The van der Waals surface area contributed by atoms with Crippen LogP contribution in [0.3, 0.4) is 0 Å². The summed E-state index contributed by atoms with van der Waals surface area (Å²) in [6.45, 7) is 0.752. The summed E-state index contributed by atoms with van der Waals surface area (Å²) in [4.78, 5) is 26.6. The third-order valence-corrected chi connectivity index (χ3v) is 6.66. The molecule has 1 atom stereocenters. The normalized spacial score (nSPS) is 17.8. The third-order valence-electron chi connectivity index (χ3n) is 5.32. The molecule has 0 saturated carbocycles. The zero-order valence-corrected chi connectivity index (χ0v) is 17.8. The van der Waals surface area contributed by atoms with Crippen LogP contribution in [0.2, 0.25) is 0 Å². The van der Waals surface area contributed by atoms with E-state index in [-0.39, 0.29) is 30.8 Å². The third kappa shape index (κ3) is 4.80. The predicted molar refractivity (Wildman–Crippen MR) is 113 cm³/mol. The Morgan fingerprint density at radius 1 is 1.10 bits per heavy atom. The molecule has 2 amide bonds. The van der Waals surface area contributed by atoms with Crippen LogP contribution in [-0.2, 0) is 31.9 Å². The summed E-state index contributed by atoms with van der Waals surface area (Å²) in [7, 11) is -1.95. The fourth-order valence-electron chi connectivity index (χ4n) is 3.56. The lowest BCUT2D eigenvalue weighted by atomic mass is 10.1. The van der Waals surface area contributed by atoms with Gasteiger partial charge in [-0.15, -0.1) is 0 Å². The molecule has 2 aromatic carbocycles. The second kappa shape index (κ2) is 8.56. The van der Waals surface area contributed by atoms with E-state index < -0.39 is 15.9 Å². The second-order valence-electron chi connectivity index (χ2n) is 7.44. The van der Waals surface area contributed by atoms with Gasteiger partial charge in [0.1, 0.15) is 0 Å². The number of nitrogens with zero attached hydrogens (tertiary/aromatic N) is 1. The minimum Gasteiger partial charge on any atom is -0.454 e. The van der Waals surface area contributed by atoms with Crippen molar-refractivity contribution in [2.75, 3.05) is 25.3 Å². The van der Waals surface area contributed by atoms with Gasteiger partial charge in [0.05, 0.1) is 11.7 Å². The van der Waals surface area contributed by atoms with Crippen LogP contribution in [0.1, 0.15) is 17.5 Å². The topological polar surface area (TPSA) is 114 Å². The van der Waals surface area contributed by atoms with Crippen molar-refractivity contribution in [2.45, 2.75) is 18.7 Å². The summed E-state index contributed by atoms with van der Waals surface area (Å²) in [5.41, 5.74) is 2.18. The number of hydrogen-bond acceptors (Lipinski definition) is 6. The van der Waals surface area contributed by atoms with Crippen molar-refractivity contribution in [2.24, 2.45) is 5.92 Å². The van der Waals surface area contributed by atoms with Gasteiger partial charge in [0.25, 0.3) is 0 Å². The molecule has 0 spiro atoms. The molecule has 2 aliphatic rings. The molecular weight excluding hydrogens is 422 g/mol. The monoisotopic (exact) mass is 445 g/mol. The second-order valence-corrected chi connectivity index (χ2v) is 9.37. The average Bonchev–Trinajstić information content (AvgIpc) is 3.38. The Hall–Kier alpha value is -3.11. The molecule has 2 N–H and O–H groups in total. The average molecular weight is 445 g/mol. The highest BCUT2D eigenvalue weighted by molar-refractivity contribution is 7.88. The number of hydrogen-bond donors (Lipinski definition) is 2. The molecule has 4 rings (SSSR count). The summed E-state index contributed by atoms with van der Waals surface area (Å²) >= 11 is 0. The number of anilines is 1. The molecule has 0 bridgehead atoms. The standard InChI is InChI=1S/C21H23N3O6S/c1-22-31(27,28)12-15-4-2-14(3-5-15)10-23-21(26)16-8-20(25)24(11-16)17-6-7-18-19(9-17)30-13-29-18/h2-7,9,16,22H,8,10-13H2,1H3,(H,23,26). The molecule has 1 saturated heterocycles. The van der Waals surface area contributed by atoms with Crippen molar-refractivity contribution in [3.63, 3.8) is 0 Å². The first-order chi connectivity index (χ1) is 14.8. The fourth-order valence-corrected chi connectivity index (χ4v) is 4.34. The number of sulfonamides is 1. The largest absolute Gasteiger partial charge is 0.454 e. The molecule has 2 aromatic rings. The number of nitrogens with one attached hydrogen (secondary N) is 2. The first kappa shape index (κ1) is 21.1. The number of fused-ring (bicyclic) bond motifs is 1. The lowest BCUT2D eigenvalue weighted by Gasteiger charge is -2.17. The van der Waals surface area contributed by atoms with E-state index >= 15 is 0 Å². The highest BCUT2D eigenvalue weighted by Crippen LogP contribution is 2.37. The van der Waals surface area contributed by atoms with Crippen LogP contribution < -0.4 is 24.4 Å². The van der Waals surface area contributed by atoms with Crippen molar-refractivity contribution in [1.82, 2.24) is 10.0 Å². The van der Waals surface area contributed by atoms with E-state index in [4.69, 9.17) is 9.47 Å². The molecular formula is C21H23N3O6S. The fraction of sp³-hybridized carbons (Fsp3) is 0.333. The van der Waals surface area contributed by atoms with Crippen molar-refractivity contribution in [3.05, 3.63) is 53.6 Å². The van der Waals surface area contributed by atoms with Crippen LogP contribution in [0.5, 0.6) is 11.5 Å². The van der Waals surface area contributed by atoms with Gasteiger partial charge in [-0.2, -0.15) is 0 Å². The minimum atomic E-state index is -3.33. The molecule has 0 radical (unpaired) electrons. The lowest BCUT2D eigenvalue weighted by Crippen LogP contribution is -2.32. The van der Waals surface area contributed by atoms with Crippen molar-refractivity contribution < 1.29 is 27.5 Å². The molecule has 1 fully saturated rings. The quantitative estimate of drug-likeness (QED) is 0.661. The molecule has 0 aliphatic carbocycles. The van der Waals surface area contributed by atoms with Crippen LogP contribution in [0, 0.1) is 5.92 Å². The predicted octanol–water partition coefficient (Wildman–Crippen LogP) is 1.13. The van der Waals surface area contributed by atoms with Gasteiger partial charge in [0.15, 0.2) is 11.5 Å². The van der Waals surface area contributed by atoms with E-state index in [1.807, 2.05) is 0 Å². The molecule has 10 heteroatoms. The van der Waals surface area contributed by atoms with E-state index in [0.29, 0.717) is 35.8 Å². The smallest absolute Gasteiger partial charge is 0.231 e. The Morgan fingerprint density at radius 3 is 2.55 bits per heavy atom.